The van der Waals surface area contributed by atoms with Crippen LogP contribution in [0, 0.1) is 0 Å². The third-order valence-corrected chi connectivity index (χ3v) is 0.352. The molecule has 0 aromatic rings. The Bertz CT molecular complexity index is 14.4. The lowest BCUT2D eigenvalue weighted by molar-refractivity contribution is 0.196. The Hall–Kier alpha value is -0.0800. The topological polar surface area (TPSA) is 31.9 Å². The molecular formula is C3H8NO. The Morgan fingerprint density at radius 2 is 2.40 bits per heavy atom. The molecule has 0 heterocycles. The molecule has 0 fully saturated rings. The zero-order valence-corrected chi connectivity index (χ0v) is 3.32. The lowest BCUT2D eigenvalue weighted by atomic mass is 10.7. The van der Waals surface area contributed by atoms with Crippen molar-refractivity contribution < 1.29 is 5.11 Å². The second kappa shape index (κ2) is 3.92. The van der Waals surface area contributed by atoms with Crippen LogP contribution in [0.15, 0.2) is 0 Å². The van der Waals surface area contributed by atoms with Crippen molar-refractivity contribution in [1.29, 1.82) is 0 Å². The predicted molar refractivity (Wildman–Crippen MR) is 19.5 cm³/mol. The Labute approximate surface area is 31.8 Å². The Balaban J connectivity index is 2.19. The van der Waals surface area contributed by atoms with E-state index in [1.807, 2.05) is 0 Å². The van der Waals surface area contributed by atoms with Crippen LogP contribution in [0.1, 0.15) is 0 Å². The highest BCUT2D eigenvalue weighted by Crippen LogP contribution is 1.44. The van der Waals surface area contributed by atoms with Crippen molar-refractivity contribution in [2.75, 3.05) is 20.2 Å². The standard InChI is InChI=1S/C3H8NO/c1-4-2-3-5/h4H,2-3H2,1H3. The van der Waals surface area contributed by atoms with Crippen molar-refractivity contribution in [2.24, 2.45) is 0 Å². The largest absolute Gasteiger partial charge is 0.317 e. The van der Waals surface area contributed by atoms with Gasteiger partial charge in [0.1, 0.15) is 0 Å². The van der Waals surface area contributed by atoms with Gasteiger partial charge in [0.05, 0.1) is 6.61 Å². The van der Waals surface area contributed by atoms with E-state index < -0.39 is 0 Å². The summed E-state index contributed by atoms with van der Waals surface area (Å²) >= 11 is 0. The lowest BCUT2D eigenvalue weighted by Gasteiger charge is -1.82. The van der Waals surface area contributed by atoms with Crippen molar-refractivity contribution in [3.8, 4) is 0 Å². The van der Waals surface area contributed by atoms with Gasteiger partial charge in [-0.25, -0.2) is 5.11 Å². The molecule has 0 bridgehead atoms. The van der Waals surface area contributed by atoms with Gasteiger partial charge in [0, 0.05) is 6.54 Å². The van der Waals surface area contributed by atoms with Gasteiger partial charge >= 0.3 is 0 Å². The molecule has 1 radical (unpaired) electrons. The first-order valence-corrected chi connectivity index (χ1v) is 1.64. The highest BCUT2D eigenvalue weighted by molar-refractivity contribution is 4.27. The molecule has 0 atom stereocenters. The average Bonchev–Trinajstić information content (AvgIpc) is 1.41. The Morgan fingerprint density at radius 3 is 2.40 bits per heavy atom. The molecule has 0 saturated heterocycles. The van der Waals surface area contributed by atoms with Crippen molar-refractivity contribution in [3.05, 3.63) is 0 Å². The predicted octanol–water partition coefficient (Wildman–Crippen LogP) is -0.364. The first kappa shape index (κ1) is 4.92. The van der Waals surface area contributed by atoms with Gasteiger partial charge < -0.3 is 5.32 Å². The summed E-state index contributed by atoms with van der Waals surface area (Å²) in [5.41, 5.74) is 0. The highest BCUT2D eigenvalue weighted by atomic mass is 16.3. The first-order valence-electron chi connectivity index (χ1n) is 1.64. The highest BCUT2D eigenvalue weighted by Gasteiger charge is 1.68. The fourth-order valence-electron chi connectivity index (χ4n) is 0.102. The normalized spacial score (nSPS) is 8.40. The van der Waals surface area contributed by atoms with Crippen LogP contribution >= 0.6 is 0 Å². The molecule has 0 aromatic carbocycles. The van der Waals surface area contributed by atoms with Crippen LogP contribution in [0.2, 0.25) is 0 Å². The van der Waals surface area contributed by atoms with Crippen molar-refractivity contribution in [1.82, 2.24) is 5.32 Å². The van der Waals surface area contributed by atoms with Gasteiger partial charge in [-0.3, -0.25) is 0 Å². The van der Waals surface area contributed by atoms with Gasteiger partial charge in [-0.1, -0.05) is 0 Å². The molecule has 0 aliphatic rings. The molecule has 0 spiro atoms. The van der Waals surface area contributed by atoms with E-state index in [2.05, 4.69) is 5.32 Å². The maximum Gasteiger partial charge on any atom is 0.0946 e. The zero-order chi connectivity index (χ0) is 4.12. The molecule has 1 N–H and O–H groups in total. The van der Waals surface area contributed by atoms with Gasteiger partial charge in [-0.2, -0.15) is 0 Å². The van der Waals surface area contributed by atoms with E-state index in [-0.39, 0.29) is 6.61 Å². The molecule has 0 amide bonds. The van der Waals surface area contributed by atoms with E-state index >= 15 is 0 Å². The average molecular weight is 74.1 g/mol. The SMILES string of the molecule is CNCC[O]. The number of likely N-dealkylation sites (N-methyl/N-ethyl adjacent to an activating group) is 1. The Kier molecular flexibility index (Phi) is 3.86. The molecule has 0 rings (SSSR count). The van der Waals surface area contributed by atoms with Crippen LogP contribution in [0.25, 0.3) is 0 Å². The van der Waals surface area contributed by atoms with Crippen LogP contribution in [0.4, 0.5) is 0 Å². The van der Waals surface area contributed by atoms with Gasteiger partial charge in [0.2, 0.25) is 0 Å². The van der Waals surface area contributed by atoms with Crippen molar-refractivity contribution >= 4 is 0 Å². The van der Waals surface area contributed by atoms with Crippen LogP contribution in [0.3, 0.4) is 0 Å². The number of rotatable bonds is 2. The second-order valence-electron chi connectivity index (χ2n) is 0.808. The fraction of sp³-hybridized carbons (Fsp3) is 1.00. The van der Waals surface area contributed by atoms with Gasteiger partial charge in [-0.15, -0.1) is 0 Å². The minimum atomic E-state index is -0.0174. The van der Waals surface area contributed by atoms with Gasteiger partial charge in [0.15, 0.2) is 0 Å². The molecule has 0 aliphatic heterocycles. The fourth-order valence-corrected chi connectivity index (χ4v) is 0.102. The third-order valence-electron chi connectivity index (χ3n) is 0.352. The van der Waals surface area contributed by atoms with Crippen LogP contribution in [-0.2, 0) is 5.11 Å². The maximum absolute atomic E-state index is 9.47. The molecule has 0 aliphatic carbocycles. The first-order chi connectivity index (χ1) is 2.41. The van der Waals surface area contributed by atoms with Crippen LogP contribution in [-0.4, -0.2) is 20.2 Å². The minimum Gasteiger partial charge on any atom is -0.317 e. The second-order valence-corrected chi connectivity index (χ2v) is 0.808. The third kappa shape index (κ3) is 3.92. The molecule has 0 unspecified atom stereocenters. The number of nitrogens with one attached hydrogen (secondary N) is 1. The summed E-state index contributed by atoms with van der Waals surface area (Å²) < 4.78 is 0. The molecule has 2 nitrogen and oxygen atoms in total. The summed E-state index contributed by atoms with van der Waals surface area (Å²) in [4.78, 5) is 0. The zero-order valence-electron chi connectivity index (χ0n) is 3.32. The number of hydrogen-bond acceptors (Lipinski definition) is 1. The van der Waals surface area contributed by atoms with E-state index in [1.54, 1.807) is 7.05 Å². The van der Waals surface area contributed by atoms with E-state index in [4.69, 9.17) is 0 Å². The van der Waals surface area contributed by atoms with Crippen LogP contribution in [0.5, 0.6) is 0 Å². The van der Waals surface area contributed by atoms with E-state index in [1.165, 1.54) is 0 Å². The van der Waals surface area contributed by atoms with Crippen molar-refractivity contribution in [2.45, 2.75) is 0 Å². The van der Waals surface area contributed by atoms with Crippen molar-refractivity contribution in [3.63, 3.8) is 0 Å². The van der Waals surface area contributed by atoms with E-state index in [9.17, 15) is 5.11 Å². The number of hydrogen-bond donors (Lipinski definition) is 1. The van der Waals surface area contributed by atoms with Gasteiger partial charge in [0.25, 0.3) is 0 Å². The molecule has 2 heteroatoms. The smallest absolute Gasteiger partial charge is 0.0946 e. The minimum absolute atomic E-state index is 0.0174. The van der Waals surface area contributed by atoms with Gasteiger partial charge in [-0.05, 0) is 7.05 Å². The monoisotopic (exact) mass is 74.1 g/mol. The van der Waals surface area contributed by atoms with E-state index in [0.29, 0.717) is 6.54 Å². The lowest BCUT2D eigenvalue weighted by Crippen LogP contribution is -2.09. The van der Waals surface area contributed by atoms with Crippen LogP contribution < -0.4 is 5.32 Å². The quantitative estimate of drug-likeness (QED) is 0.476. The Morgan fingerprint density at radius 1 is 1.80 bits per heavy atom. The summed E-state index contributed by atoms with van der Waals surface area (Å²) in [6.07, 6.45) is 0. The maximum atomic E-state index is 9.47. The molecule has 31 valence electrons. The summed E-state index contributed by atoms with van der Waals surface area (Å²) in [7, 11) is 1.76. The summed E-state index contributed by atoms with van der Waals surface area (Å²) in [6.45, 7) is 0.566. The van der Waals surface area contributed by atoms with E-state index in [0.717, 1.165) is 0 Å². The summed E-state index contributed by atoms with van der Waals surface area (Å²) in [5.74, 6) is 0. The molecular weight excluding hydrogens is 66.0 g/mol. The molecule has 0 saturated carbocycles. The summed E-state index contributed by atoms with van der Waals surface area (Å²) in [6, 6.07) is 0. The summed E-state index contributed by atoms with van der Waals surface area (Å²) in [5, 5.41) is 12.2. The molecule has 5 heavy (non-hydrogen) atoms. The molecule has 0 aromatic heterocycles.